The van der Waals surface area contributed by atoms with E-state index in [9.17, 15) is 14.4 Å². The fraction of sp³-hybridized carbons (Fsp3) is 0.786. The lowest BCUT2D eigenvalue weighted by Gasteiger charge is -2.24. The van der Waals surface area contributed by atoms with Crippen molar-refractivity contribution in [2.45, 2.75) is 58.2 Å². The lowest BCUT2D eigenvalue weighted by molar-refractivity contribution is -0.131. The molecule has 3 atom stereocenters. The number of hydrogen-bond donors (Lipinski definition) is 4. The molecule has 0 aliphatic carbocycles. The number of carbonyl (C=O) groups is 3. The van der Waals surface area contributed by atoms with Crippen LogP contribution in [0.25, 0.3) is 0 Å². The van der Waals surface area contributed by atoms with Gasteiger partial charge in [-0.2, -0.15) is 0 Å². The number of aldehydes is 1. The van der Waals surface area contributed by atoms with Crippen LogP contribution in [0.3, 0.4) is 0 Å². The Labute approximate surface area is 126 Å². The van der Waals surface area contributed by atoms with E-state index in [4.69, 9.17) is 11.5 Å². The summed E-state index contributed by atoms with van der Waals surface area (Å²) in [5.41, 5.74) is 11.2. The van der Waals surface area contributed by atoms with Crippen LogP contribution >= 0.6 is 0 Å². The van der Waals surface area contributed by atoms with Gasteiger partial charge in [-0.25, -0.2) is 0 Å². The Morgan fingerprint density at radius 2 is 1.71 bits per heavy atom. The highest BCUT2D eigenvalue weighted by atomic mass is 16.2. The molecule has 0 saturated carbocycles. The average molecular weight is 300 g/mol. The van der Waals surface area contributed by atoms with Crippen molar-refractivity contribution in [3.05, 3.63) is 0 Å². The summed E-state index contributed by atoms with van der Waals surface area (Å²) in [6.07, 6.45) is 2.74. The maximum atomic E-state index is 12.0. The Hall–Kier alpha value is -1.47. The number of nitrogens with two attached hydrogens (primary N) is 2. The van der Waals surface area contributed by atoms with E-state index in [1.165, 1.54) is 0 Å². The van der Waals surface area contributed by atoms with Gasteiger partial charge in [0.15, 0.2) is 0 Å². The van der Waals surface area contributed by atoms with Gasteiger partial charge in [0.2, 0.25) is 11.8 Å². The molecule has 0 saturated heterocycles. The molecule has 0 spiro atoms. The number of hydrogen-bond acceptors (Lipinski definition) is 5. The fourth-order valence-electron chi connectivity index (χ4n) is 1.78. The van der Waals surface area contributed by atoms with E-state index < -0.39 is 18.1 Å². The number of amides is 2. The summed E-state index contributed by atoms with van der Waals surface area (Å²) >= 11 is 0. The first kappa shape index (κ1) is 19.5. The average Bonchev–Trinajstić information content (AvgIpc) is 2.43. The summed E-state index contributed by atoms with van der Waals surface area (Å²) in [4.78, 5) is 34.6. The van der Waals surface area contributed by atoms with Crippen molar-refractivity contribution in [2.24, 2.45) is 17.4 Å². The minimum Gasteiger partial charge on any atom is -0.345 e. The number of nitrogens with one attached hydrogen (secondary N) is 2. The van der Waals surface area contributed by atoms with Gasteiger partial charge in [-0.05, 0) is 32.2 Å². The Morgan fingerprint density at radius 1 is 1.10 bits per heavy atom. The van der Waals surface area contributed by atoms with Gasteiger partial charge in [-0.15, -0.1) is 0 Å². The first-order valence-corrected chi connectivity index (χ1v) is 7.35. The van der Waals surface area contributed by atoms with E-state index >= 15 is 0 Å². The highest BCUT2D eigenvalue weighted by Gasteiger charge is 2.26. The molecule has 7 nitrogen and oxygen atoms in total. The summed E-state index contributed by atoms with van der Waals surface area (Å²) in [5.74, 6) is -0.851. The number of unbranched alkanes of at least 4 members (excludes halogenated alkanes) is 1. The van der Waals surface area contributed by atoms with Crippen molar-refractivity contribution >= 4 is 18.1 Å². The van der Waals surface area contributed by atoms with Gasteiger partial charge >= 0.3 is 0 Å². The van der Waals surface area contributed by atoms with Crippen LogP contribution in [0.1, 0.15) is 40.0 Å². The molecule has 7 heteroatoms. The van der Waals surface area contributed by atoms with Crippen molar-refractivity contribution in [3.8, 4) is 0 Å². The molecule has 0 radical (unpaired) electrons. The van der Waals surface area contributed by atoms with Crippen LogP contribution in [0.5, 0.6) is 0 Å². The third-order valence-corrected chi connectivity index (χ3v) is 3.13. The minimum absolute atomic E-state index is 0.107. The molecule has 0 rings (SSSR count). The summed E-state index contributed by atoms with van der Waals surface area (Å²) in [5, 5.41) is 5.18. The molecule has 6 N–H and O–H groups in total. The molecular weight excluding hydrogens is 272 g/mol. The van der Waals surface area contributed by atoms with Gasteiger partial charge in [0, 0.05) is 0 Å². The van der Waals surface area contributed by atoms with Gasteiger partial charge in [0.1, 0.15) is 12.3 Å². The van der Waals surface area contributed by atoms with E-state index in [-0.39, 0.29) is 17.7 Å². The summed E-state index contributed by atoms with van der Waals surface area (Å²) in [7, 11) is 0. The van der Waals surface area contributed by atoms with E-state index in [0.29, 0.717) is 19.3 Å². The Balaban J connectivity index is 4.51. The Bertz CT molecular complexity index is 347. The van der Waals surface area contributed by atoms with Crippen LogP contribution in [0.2, 0.25) is 0 Å². The van der Waals surface area contributed by atoms with Crippen LogP contribution in [0.15, 0.2) is 0 Å². The SMILES string of the molecule is CC(C=O)NC(=O)C(NC(=O)C(N)CCCCN)C(C)C. The Morgan fingerprint density at radius 3 is 2.19 bits per heavy atom. The van der Waals surface area contributed by atoms with Crippen LogP contribution in [0.4, 0.5) is 0 Å². The summed E-state index contributed by atoms with van der Waals surface area (Å²) in [6, 6.07) is -1.96. The monoisotopic (exact) mass is 300 g/mol. The molecule has 21 heavy (non-hydrogen) atoms. The molecule has 122 valence electrons. The topological polar surface area (TPSA) is 127 Å². The molecule has 0 bridgehead atoms. The lowest BCUT2D eigenvalue weighted by Crippen LogP contribution is -2.55. The highest BCUT2D eigenvalue weighted by molar-refractivity contribution is 5.90. The number of carbonyl (C=O) groups excluding carboxylic acids is 3. The van der Waals surface area contributed by atoms with Crippen molar-refractivity contribution in [2.75, 3.05) is 6.54 Å². The smallest absolute Gasteiger partial charge is 0.243 e. The highest BCUT2D eigenvalue weighted by Crippen LogP contribution is 2.04. The molecule has 3 unspecified atom stereocenters. The second kappa shape index (κ2) is 10.3. The summed E-state index contributed by atoms with van der Waals surface area (Å²) < 4.78 is 0. The molecule has 2 amide bonds. The quantitative estimate of drug-likeness (QED) is 0.313. The zero-order valence-corrected chi connectivity index (χ0v) is 13.1. The third kappa shape index (κ3) is 7.77. The van der Waals surface area contributed by atoms with Crippen molar-refractivity contribution < 1.29 is 14.4 Å². The van der Waals surface area contributed by atoms with Crippen LogP contribution in [-0.2, 0) is 14.4 Å². The summed E-state index contributed by atoms with van der Waals surface area (Å²) in [6.45, 7) is 5.77. The second-order valence-electron chi connectivity index (χ2n) is 5.55. The normalized spacial score (nSPS) is 15.1. The van der Waals surface area contributed by atoms with Crippen molar-refractivity contribution in [1.82, 2.24) is 10.6 Å². The number of rotatable bonds is 10. The first-order valence-electron chi connectivity index (χ1n) is 7.35. The Kier molecular flexibility index (Phi) is 9.56. The third-order valence-electron chi connectivity index (χ3n) is 3.13. The lowest BCUT2D eigenvalue weighted by atomic mass is 10.0. The zero-order valence-electron chi connectivity index (χ0n) is 13.1. The predicted octanol–water partition coefficient (Wildman–Crippen LogP) is -0.713. The molecule has 0 aromatic heterocycles. The van der Waals surface area contributed by atoms with Crippen LogP contribution in [-0.4, -0.2) is 42.8 Å². The first-order chi connectivity index (χ1) is 9.83. The minimum atomic E-state index is -0.708. The van der Waals surface area contributed by atoms with Crippen LogP contribution in [0, 0.1) is 5.92 Å². The molecular formula is C14H28N4O3. The van der Waals surface area contributed by atoms with Gasteiger partial charge in [-0.3, -0.25) is 9.59 Å². The molecule has 0 aliphatic rings. The molecule has 0 aromatic rings. The maximum absolute atomic E-state index is 12.0. The van der Waals surface area contributed by atoms with Crippen LogP contribution < -0.4 is 22.1 Å². The van der Waals surface area contributed by atoms with Gasteiger partial charge in [0.05, 0.1) is 12.1 Å². The van der Waals surface area contributed by atoms with E-state index in [1.807, 2.05) is 13.8 Å². The maximum Gasteiger partial charge on any atom is 0.243 e. The van der Waals surface area contributed by atoms with Gasteiger partial charge in [-0.1, -0.05) is 20.3 Å². The standard InChI is InChI=1S/C14H28N4O3/c1-9(2)12(14(21)17-10(3)8-19)18-13(20)11(16)6-4-5-7-15/h8-12H,4-7,15-16H2,1-3H3,(H,17,21)(H,18,20). The molecule has 0 aromatic carbocycles. The van der Waals surface area contributed by atoms with E-state index in [0.717, 1.165) is 12.8 Å². The molecule has 0 fully saturated rings. The molecule has 0 heterocycles. The zero-order chi connectivity index (χ0) is 16.4. The van der Waals surface area contributed by atoms with Gasteiger partial charge in [0.25, 0.3) is 0 Å². The second-order valence-corrected chi connectivity index (χ2v) is 5.55. The van der Waals surface area contributed by atoms with E-state index in [2.05, 4.69) is 10.6 Å². The molecule has 0 aliphatic heterocycles. The fourth-order valence-corrected chi connectivity index (χ4v) is 1.78. The predicted molar refractivity (Wildman–Crippen MR) is 81.3 cm³/mol. The van der Waals surface area contributed by atoms with E-state index in [1.54, 1.807) is 6.92 Å². The van der Waals surface area contributed by atoms with Crippen molar-refractivity contribution in [1.29, 1.82) is 0 Å². The largest absolute Gasteiger partial charge is 0.345 e. The van der Waals surface area contributed by atoms with Gasteiger partial charge < -0.3 is 26.9 Å². The van der Waals surface area contributed by atoms with Crippen molar-refractivity contribution in [3.63, 3.8) is 0 Å².